The Balaban J connectivity index is 2.15. The molecule has 1 aromatic carbocycles. The minimum Gasteiger partial charge on any atom is -0.424 e. The molecule has 0 unspecified atom stereocenters. The van der Waals surface area contributed by atoms with E-state index in [9.17, 15) is 0 Å². The molecule has 2 rings (SSSR count). The summed E-state index contributed by atoms with van der Waals surface area (Å²) in [6.45, 7) is 0. The van der Waals surface area contributed by atoms with Crippen LogP contribution in [-0.2, 0) is 5.33 Å². The van der Waals surface area contributed by atoms with Crippen LogP contribution in [0.2, 0.25) is 0 Å². The molecule has 0 radical (unpaired) electrons. The highest BCUT2D eigenvalue weighted by molar-refractivity contribution is 9.08. The summed E-state index contributed by atoms with van der Waals surface area (Å²) in [4.78, 5) is 10.3. The third-order valence-corrected chi connectivity index (χ3v) is 3.03. The molecule has 0 bridgehead atoms. The fourth-order valence-electron chi connectivity index (χ4n) is 1.40. The molecule has 0 N–H and O–H groups in total. The molecule has 5 heteroatoms. The molecule has 0 amide bonds. The molecule has 0 atom stereocenters. The molecule has 2 aromatic rings. The van der Waals surface area contributed by atoms with Crippen molar-refractivity contribution in [1.29, 1.82) is 0 Å². The van der Waals surface area contributed by atoms with Crippen LogP contribution in [0.25, 0.3) is 0 Å². The average molecular weight is 308 g/mol. The smallest absolute Gasteiger partial charge is 0.321 e. The quantitative estimate of drug-likeness (QED) is 0.813. The van der Waals surface area contributed by atoms with E-state index in [1.54, 1.807) is 12.4 Å². The minimum atomic E-state index is 0.357. The predicted octanol–water partition coefficient (Wildman–Crippen LogP) is 3.23. The highest BCUT2D eigenvalue weighted by atomic mass is 79.9. The number of ether oxygens (including phenoxy) is 1. The molecule has 0 aliphatic carbocycles. The maximum atomic E-state index is 5.60. The fourth-order valence-corrected chi connectivity index (χ4v) is 1.68. The number of halogens is 1. The van der Waals surface area contributed by atoms with Crippen LogP contribution in [0.5, 0.6) is 11.8 Å². The summed E-state index contributed by atoms with van der Waals surface area (Å²) < 4.78 is 5.60. The van der Waals surface area contributed by atoms with Crippen LogP contribution < -0.4 is 9.64 Å². The highest BCUT2D eigenvalue weighted by Crippen LogP contribution is 2.22. The van der Waals surface area contributed by atoms with Crippen LogP contribution >= 0.6 is 15.9 Å². The van der Waals surface area contributed by atoms with E-state index in [4.69, 9.17) is 4.74 Å². The van der Waals surface area contributed by atoms with Crippen molar-refractivity contribution >= 4 is 21.6 Å². The molecule has 0 aliphatic rings. The van der Waals surface area contributed by atoms with Crippen molar-refractivity contribution in [1.82, 2.24) is 9.97 Å². The van der Waals surface area contributed by atoms with E-state index in [0.717, 1.165) is 22.3 Å². The van der Waals surface area contributed by atoms with Gasteiger partial charge in [-0.2, -0.15) is 0 Å². The summed E-state index contributed by atoms with van der Waals surface area (Å²) >= 11 is 3.35. The zero-order chi connectivity index (χ0) is 13.0. The van der Waals surface area contributed by atoms with Crippen molar-refractivity contribution < 1.29 is 4.74 Å². The first-order valence-electron chi connectivity index (χ1n) is 5.51. The Kier molecular flexibility index (Phi) is 4.15. The molecular weight excluding hydrogens is 294 g/mol. The van der Waals surface area contributed by atoms with Crippen LogP contribution in [0.4, 0.5) is 5.69 Å². The van der Waals surface area contributed by atoms with E-state index < -0.39 is 0 Å². The van der Waals surface area contributed by atoms with Gasteiger partial charge in [-0.05, 0) is 17.7 Å². The second-order valence-corrected chi connectivity index (χ2v) is 4.56. The summed E-state index contributed by atoms with van der Waals surface area (Å²) in [7, 11) is 3.97. The summed E-state index contributed by atoms with van der Waals surface area (Å²) in [5.41, 5.74) is 2.09. The van der Waals surface area contributed by atoms with Gasteiger partial charge in [0.1, 0.15) is 5.75 Å². The SMILES string of the molecule is CN(C)c1cccc(Oc2ncc(CBr)cn2)c1. The van der Waals surface area contributed by atoms with Gasteiger partial charge in [-0.15, -0.1) is 0 Å². The summed E-state index contributed by atoms with van der Waals surface area (Å²) in [6.07, 6.45) is 3.49. The van der Waals surface area contributed by atoms with Crippen molar-refractivity contribution in [3.05, 3.63) is 42.2 Å². The number of rotatable bonds is 4. The molecule has 0 spiro atoms. The van der Waals surface area contributed by atoms with Crippen molar-refractivity contribution in [3.8, 4) is 11.8 Å². The van der Waals surface area contributed by atoms with E-state index in [-0.39, 0.29) is 0 Å². The second-order valence-electron chi connectivity index (χ2n) is 4.00. The van der Waals surface area contributed by atoms with E-state index in [1.165, 1.54) is 0 Å². The van der Waals surface area contributed by atoms with Crippen molar-refractivity contribution in [2.45, 2.75) is 5.33 Å². The van der Waals surface area contributed by atoms with Gasteiger partial charge >= 0.3 is 6.01 Å². The molecule has 4 nitrogen and oxygen atoms in total. The first-order valence-corrected chi connectivity index (χ1v) is 6.63. The van der Waals surface area contributed by atoms with Gasteiger partial charge in [-0.3, -0.25) is 0 Å². The molecule has 1 aromatic heterocycles. The van der Waals surface area contributed by atoms with E-state index in [1.807, 2.05) is 43.3 Å². The summed E-state index contributed by atoms with van der Waals surface area (Å²) in [5, 5.41) is 0.739. The van der Waals surface area contributed by atoms with Gasteiger partial charge in [0.15, 0.2) is 0 Å². The number of alkyl halides is 1. The Hall–Kier alpha value is -1.62. The molecule has 0 saturated carbocycles. The van der Waals surface area contributed by atoms with Gasteiger partial charge in [0.05, 0.1) is 0 Å². The van der Waals surface area contributed by atoms with Crippen LogP contribution in [0.1, 0.15) is 5.56 Å². The zero-order valence-electron chi connectivity index (χ0n) is 10.3. The Morgan fingerprint density at radius 1 is 1.22 bits per heavy atom. The first kappa shape index (κ1) is 12.8. The fraction of sp³-hybridized carbons (Fsp3) is 0.231. The molecule has 18 heavy (non-hydrogen) atoms. The predicted molar refractivity (Wildman–Crippen MR) is 75.5 cm³/mol. The lowest BCUT2D eigenvalue weighted by atomic mass is 10.3. The summed E-state index contributed by atoms with van der Waals surface area (Å²) in [6, 6.07) is 8.14. The lowest BCUT2D eigenvalue weighted by molar-refractivity contribution is 0.441. The lowest BCUT2D eigenvalue weighted by Crippen LogP contribution is -2.08. The van der Waals surface area contributed by atoms with Gasteiger partial charge in [0, 0.05) is 43.6 Å². The first-order chi connectivity index (χ1) is 8.69. The van der Waals surface area contributed by atoms with E-state index in [2.05, 4.69) is 25.9 Å². The Labute approximate surface area is 115 Å². The molecule has 94 valence electrons. The van der Waals surface area contributed by atoms with Gasteiger partial charge < -0.3 is 9.64 Å². The Morgan fingerprint density at radius 2 is 1.94 bits per heavy atom. The van der Waals surface area contributed by atoms with Crippen LogP contribution in [0.3, 0.4) is 0 Å². The maximum absolute atomic E-state index is 5.60. The number of nitrogens with zero attached hydrogens (tertiary/aromatic N) is 3. The maximum Gasteiger partial charge on any atom is 0.321 e. The molecular formula is C13H14BrN3O. The van der Waals surface area contributed by atoms with Gasteiger partial charge in [0.2, 0.25) is 0 Å². The molecule has 0 aliphatic heterocycles. The monoisotopic (exact) mass is 307 g/mol. The number of hydrogen-bond acceptors (Lipinski definition) is 4. The number of hydrogen-bond donors (Lipinski definition) is 0. The van der Waals surface area contributed by atoms with Crippen LogP contribution in [-0.4, -0.2) is 24.1 Å². The van der Waals surface area contributed by atoms with Gasteiger partial charge in [0.25, 0.3) is 0 Å². The topological polar surface area (TPSA) is 38.2 Å². The van der Waals surface area contributed by atoms with E-state index >= 15 is 0 Å². The third kappa shape index (κ3) is 3.20. The minimum absolute atomic E-state index is 0.357. The third-order valence-electron chi connectivity index (χ3n) is 2.38. The zero-order valence-corrected chi connectivity index (χ0v) is 11.9. The summed E-state index contributed by atoms with van der Waals surface area (Å²) in [5.74, 6) is 0.729. The van der Waals surface area contributed by atoms with Gasteiger partial charge in [-0.1, -0.05) is 22.0 Å². The Morgan fingerprint density at radius 3 is 2.56 bits per heavy atom. The average Bonchev–Trinajstić information content (AvgIpc) is 2.40. The molecule has 1 heterocycles. The molecule has 0 fully saturated rings. The number of benzene rings is 1. The van der Waals surface area contributed by atoms with Crippen molar-refractivity contribution in [3.63, 3.8) is 0 Å². The second kappa shape index (κ2) is 5.82. The van der Waals surface area contributed by atoms with Gasteiger partial charge in [-0.25, -0.2) is 9.97 Å². The van der Waals surface area contributed by atoms with Crippen LogP contribution in [0, 0.1) is 0 Å². The standard InChI is InChI=1S/C13H14BrN3O/c1-17(2)11-4-3-5-12(6-11)18-13-15-8-10(7-14)9-16-13/h3-6,8-9H,7H2,1-2H3. The number of anilines is 1. The highest BCUT2D eigenvalue weighted by Gasteiger charge is 2.02. The van der Waals surface area contributed by atoms with Crippen molar-refractivity contribution in [2.75, 3.05) is 19.0 Å². The van der Waals surface area contributed by atoms with Crippen LogP contribution in [0.15, 0.2) is 36.7 Å². The van der Waals surface area contributed by atoms with Crippen molar-refractivity contribution in [2.24, 2.45) is 0 Å². The van der Waals surface area contributed by atoms with E-state index in [0.29, 0.717) is 6.01 Å². The Bertz CT molecular complexity index is 514. The number of aromatic nitrogens is 2. The lowest BCUT2D eigenvalue weighted by Gasteiger charge is -2.13. The largest absolute Gasteiger partial charge is 0.424 e. The molecule has 0 saturated heterocycles. The normalized spacial score (nSPS) is 10.2.